The average molecular weight is 337 g/mol. The third-order valence-electron chi connectivity index (χ3n) is 2.12. The summed E-state index contributed by atoms with van der Waals surface area (Å²) in [6.45, 7) is 1.46. The molecule has 0 heterocycles. The van der Waals surface area contributed by atoms with Gasteiger partial charge in [-0.25, -0.2) is 4.79 Å². The summed E-state index contributed by atoms with van der Waals surface area (Å²) in [4.78, 5) is 22.8. The van der Waals surface area contributed by atoms with Gasteiger partial charge in [0.15, 0.2) is 6.61 Å². The highest BCUT2D eigenvalue weighted by Crippen LogP contribution is 2.32. The fraction of sp³-hybridized carbons (Fsp3) is 0.231. The summed E-state index contributed by atoms with van der Waals surface area (Å²) < 4.78 is 4.73. The topological polar surface area (TPSA) is 55.4 Å². The molecule has 0 unspecified atom stereocenters. The number of carbonyl (C=O) groups excluding carboxylic acids is 2. The number of halogens is 3. The summed E-state index contributed by atoms with van der Waals surface area (Å²) in [7, 11) is 0. The Kier molecular flexibility index (Phi) is 6.85. The Morgan fingerprint density at radius 1 is 1.20 bits per heavy atom. The molecule has 0 aliphatic carbocycles. The third-order valence-corrected chi connectivity index (χ3v) is 3.15. The molecule has 0 spiro atoms. The van der Waals surface area contributed by atoms with E-state index in [-0.39, 0.29) is 15.1 Å². The molecule has 1 N–H and O–H groups in total. The summed E-state index contributed by atoms with van der Waals surface area (Å²) in [5, 5.41) is 3.26. The number of benzene rings is 1. The number of hydrogen-bond donors (Lipinski definition) is 1. The van der Waals surface area contributed by atoms with Crippen LogP contribution in [-0.2, 0) is 14.3 Å². The van der Waals surface area contributed by atoms with Gasteiger partial charge in [-0.3, -0.25) is 4.79 Å². The predicted molar refractivity (Wildman–Crippen MR) is 80.5 cm³/mol. The molecular weight excluding hydrogens is 325 g/mol. The zero-order chi connectivity index (χ0) is 15.1. The molecular formula is C13H12Cl3NO3. The fourth-order valence-corrected chi connectivity index (χ4v) is 1.80. The average Bonchev–Trinajstić information content (AvgIpc) is 2.40. The van der Waals surface area contributed by atoms with E-state index in [1.807, 2.05) is 6.92 Å². The fourth-order valence-electron chi connectivity index (χ4n) is 1.20. The van der Waals surface area contributed by atoms with Crippen molar-refractivity contribution in [1.29, 1.82) is 0 Å². The summed E-state index contributed by atoms with van der Waals surface area (Å²) in [6.07, 6.45) is 3.61. The molecule has 0 bridgehead atoms. The van der Waals surface area contributed by atoms with Gasteiger partial charge in [0.1, 0.15) is 0 Å². The highest BCUT2D eigenvalue weighted by Gasteiger charge is 2.10. The standard InChI is InChI=1S/C13H12Cl3NO3/c1-2-3-4-13(19)20-7-12(18)17-11-6-9(15)8(14)5-10(11)16/h3-6H,2,7H2,1H3,(H,17,18)/b4-3+. The third kappa shape index (κ3) is 5.41. The van der Waals surface area contributed by atoms with Gasteiger partial charge >= 0.3 is 5.97 Å². The first kappa shape index (κ1) is 16.8. The number of allylic oxidation sites excluding steroid dienone is 1. The molecule has 0 aliphatic rings. The Hall–Kier alpha value is -1.23. The van der Waals surface area contributed by atoms with Crippen LogP contribution in [-0.4, -0.2) is 18.5 Å². The molecule has 0 saturated heterocycles. The van der Waals surface area contributed by atoms with E-state index in [2.05, 4.69) is 5.32 Å². The lowest BCUT2D eigenvalue weighted by Gasteiger charge is -2.08. The molecule has 0 atom stereocenters. The summed E-state index contributed by atoms with van der Waals surface area (Å²) in [5.41, 5.74) is 0.297. The maximum absolute atomic E-state index is 11.6. The predicted octanol–water partition coefficient (Wildman–Crippen LogP) is 4.09. The maximum atomic E-state index is 11.6. The first-order chi connectivity index (χ1) is 9.43. The van der Waals surface area contributed by atoms with Crippen molar-refractivity contribution in [1.82, 2.24) is 0 Å². The molecule has 1 rings (SSSR count). The van der Waals surface area contributed by atoms with E-state index in [4.69, 9.17) is 39.5 Å². The highest BCUT2D eigenvalue weighted by atomic mass is 35.5. The van der Waals surface area contributed by atoms with Crippen molar-refractivity contribution in [3.8, 4) is 0 Å². The van der Waals surface area contributed by atoms with Gasteiger partial charge in [-0.05, 0) is 18.6 Å². The number of rotatable bonds is 5. The molecule has 108 valence electrons. The number of nitrogens with one attached hydrogen (secondary N) is 1. The van der Waals surface area contributed by atoms with Crippen LogP contribution in [0.25, 0.3) is 0 Å². The Bertz CT molecular complexity index is 544. The zero-order valence-corrected chi connectivity index (χ0v) is 12.9. The second kappa shape index (κ2) is 8.15. The SMILES string of the molecule is CC/C=C/C(=O)OCC(=O)Nc1cc(Cl)c(Cl)cc1Cl. The molecule has 1 aromatic carbocycles. The van der Waals surface area contributed by atoms with Gasteiger partial charge in [-0.1, -0.05) is 47.8 Å². The lowest BCUT2D eigenvalue weighted by Crippen LogP contribution is -2.20. The van der Waals surface area contributed by atoms with Gasteiger partial charge in [-0.2, -0.15) is 0 Å². The van der Waals surface area contributed by atoms with Crippen molar-refractivity contribution < 1.29 is 14.3 Å². The molecule has 7 heteroatoms. The van der Waals surface area contributed by atoms with Crippen LogP contribution in [0.15, 0.2) is 24.3 Å². The van der Waals surface area contributed by atoms with Crippen molar-refractivity contribution in [3.05, 3.63) is 39.4 Å². The number of amides is 1. The van der Waals surface area contributed by atoms with Crippen molar-refractivity contribution in [2.75, 3.05) is 11.9 Å². The highest BCUT2D eigenvalue weighted by molar-refractivity contribution is 6.44. The van der Waals surface area contributed by atoms with Crippen LogP contribution in [0.3, 0.4) is 0 Å². The van der Waals surface area contributed by atoms with Gasteiger partial charge in [0.2, 0.25) is 0 Å². The molecule has 0 fully saturated rings. The summed E-state index contributed by atoms with van der Waals surface area (Å²) >= 11 is 17.5. The van der Waals surface area contributed by atoms with E-state index in [1.165, 1.54) is 18.2 Å². The largest absolute Gasteiger partial charge is 0.452 e. The Morgan fingerprint density at radius 2 is 1.85 bits per heavy atom. The normalized spacial score (nSPS) is 10.6. The number of anilines is 1. The maximum Gasteiger partial charge on any atom is 0.330 e. The molecule has 0 radical (unpaired) electrons. The van der Waals surface area contributed by atoms with E-state index in [0.29, 0.717) is 12.1 Å². The first-order valence-corrected chi connectivity index (χ1v) is 6.85. The number of esters is 1. The summed E-state index contributed by atoms with van der Waals surface area (Å²) in [6, 6.07) is 2.83. The molecule has 1 aromatic rings. The molecule has 0 aromatic heterocycles. The second-order valence-corrected chi connectivity index (χ2v) is 4.93. The van der Waals surface area contributed by atoms with Gasteiger partial charge in [-0.15, -0.1) is 0 Å². The second-order valence-electron chi connectivity index (χ2n) is 3.71. The van der Waals surface area contributed by atoms with Crippen molar-refractivity contribution in [2.24, 2.45) is 0 Å². The van der Waals surface area contributed by atoms with Crippen molar-refractivity contribution in [2.45, 2.75) is 13.3 Å². The van der Waals surface area contributed by atoms with Crippen LogP contribution in [0.5, 0.6) is 0 Å². The lowest BCUT2D eigenvalue weighted by atomic mass is 10.3. The van der Waals surface area contributed by atoms with Crippen LogP contribution in [0.1, 0.15) is 13.3 Å². The Morgan fingerprint density at radius 3 is 2.50 bits per heavy atom. The quantitative estimate of drug-likeness (QED) is 0.500. The first-order valence-electron chi connectivity index (χ1n) is 5.71. The van der Waals surface area contributed by atoms with Gasteiger partial charge < -0.3 is 10.1 Å². The van der Waals surface area contributed by atoms with Crippen molar-refractivity contribution >= 4 is 52.4 Å². The van der Waals surface area contributed by atoms with E-state index in [1.54, 1.807) is 6.08 Å². The van der Waals surface area contributed by atoms with Crippen LogP contribution < -0.4 is 5.32 Å². The zero-order valence-electron chi connectivity index (χ0n) is 10.6. The molecule has 0 saturated carbocycles. The molecule has 20 heavy (non-hydrogen) atoms. The number of carbonyl (C=O) groups is 2. The van der Waals surface area contributed by atoms with Crippen LogP contribution in [0.2, 0.25) is 15.1 Å². The smallest absolute Gasteiger partial charge is 0.330 e. The van der Waals surface area contributed by atoms with Crippen LogP contribution in [0, 0.1) is 0 Å². The molecule has 4 nitrogen and oxygen atoms in total. The van der Waals surface area contributed by atoms with E-state index in [9.17, 15) is 9.59 Å². The molecule has 0 aliphatic heterocycles. The minimum atomic E-state index is -0.581. The van der Waals surface area contributed by atoms with E-state index >= 15 is 0 Å². The van der Waals surface area contributed by atoms with Gasteiger partial charge in [0.25, 0.3) is 5.91 Å². The minimum Gasteiger partial charge on any atom is -0.452 e. The number of ether oxygens (including phenoxy) is 1. The Balaban J connectivity index is 2.57. The minimum absolute atomic E-state index is 0.241. The summed E-state index contributed by atoms with van der Waals surface area (Å²) in [5.74, 6) is -1.11. The Labute approximate surface area is 131 Å². The van der Waals surface area contributed by atoms with Crippen LogP contribution in [0.4, 0.5) is 5.69 Å². The van der Waals surface area contributed by atoms with E-state index < -0.39 is 18.5 Å². The lowest BCUT2D eigenvalue weighted by molar-refractivity contribution is -0.142. The van der Waals surface area contributed by atoms with Gasteiger partial charge in [0, 0.05) is 6.08 Å². The van der Waals surface area contributed by atoms with Crippen molar-refractivity contribution in [3.63, 3.8) is 0 Å². The van der Waals surface area contributed by atoms with E-state index in [0.717, 1.165) is 0 Å². The number of hydrogen-bond acceptors (Lipinski definition) is 3. The molecule has 1 amide bonds. The van der Waals surface area contributed by atoms with Gasteiger partial charge in [0.05, 0.1) is 20.8 Å². The van der Waals surface area contributed by atoms with Crippen LogP contribution >= 0.6 is 34.8 Å². The monoisotopic (exact) mass is 335 g/mol.